The van der Waals surface area contributed by atoms with Crippen molar-refractivity contribution in [1.29, 1.82) is 0 Å². The van der Waals surface area contributed by atoms with Gasteiger partial charge in [0.25, 0.3) is 0 Å². The number of benzene rings is 1. The smallest absolute Gasteiger partial charge is 0.247 e. The van der Waals surface area contributed by atoms with Crippen molar-refractivity contribution in [3.8, 4) is 0 Å². The molecule has 0 bridgehead atoms. The molecular weight excluding hydrogens is 272 g/mol. The van der Waals surface area contributed by atoms with Crippen LogP contribution < -0.4 is 5.32 Å². The van der Waals surface area contributed by atoms with Crippen LogP contribution in [0, 0.1) is 0 Å². The summed E-state index contributed by atoms with van der Waals surface area (Å²) in [5.74, 6) is -1.23. The number of carbonyl (C=O) groups excluding carboxylic acids is 4. The van der Waals surface area contributed by atoms with Crippen molar-refractivity contribution >= 4 is 29.2 Å². The van der Waals surface area contributed by atoms with E-state index in [0.29, 0.717) is 11.3 Å². The van der Waals surface area contributed by atoms with Gasteiger partial charge in [-0.1, -0.05) is 12.1 Å². The Morgan fingerprint density at radius 3 is 2.38 bits per heavy atom. The van der Waals surface area contributed by atoms with Crippen LogP contribution in [0.2, 0.25) is 0 Å². The molecule has 3 amide bonds. The lowest BCUT2D eigenvalue weighted by atomic mass is 10.1. The normalized spacial score (nSPS) is 16.0. The molecule has 1 aliphatic heterocycles. The summed E-state index contributed by atoms with van der Waals surface area (Å²) in [7, 11) is 0. The highest BCUT2D eigenvalue weighted by Crippen LogP contribution is 2.17. The van der Waals surface area contributed by atoms with Crippen LogP contribution >= 0.6 is 0 Å². The first-order chi connectivity index (χ1) is 9.90. The van der Waals surface area contributed by atoms with E-state index in [4.69, 9.17) is 0 Å². The minimum atomic E-state index is -0.867. The van der Waals surface area contributed by atoms with Gasteiger partial charge in [0.05, 0.1) is 0 Å². The number of rotatable bonds is 4. The number of Topliss-reactive ketones (excluding diaryl/α,β-unsaturated/α-hetero) is 1. The van der Waals surface area contributed by atoms with Crippen LogP contribution in [0.5, 0.6) is 0 Å². The molecule has 1 fully saturated rings. The molecule has 0 aliphatic carbocycles. The fourth-order valence-electron chi connectivity index (χ4n) is 2.21. The second kappa shape index (κ2) is 5.87. The van der Waals surface area contributed by atoms with Gasteiger partial charge in [-0.15, -0.1) is 0 Å². The highest BCUT2D eigenvalue weighted by atomic mass is 16.2. The molecule has 6 heteroatoms. The van der Waals surface area contributed by atoms with E-state index in [9.17, 15) is 19.2 Å². The Bertz CT molecular complexity index is 608. The monoisotopic (exact) mass is 288 g/mol. The summed E-state index contributed by atoms with van der Waals surface area (Å²) >= 11 is 0. The van der Waals surface area contributed by atoms with Crippen LogP contribution in [-0.4, -0.2) is 34.4 Å². The number of nitrogens with one attached hydrogen (secondary N) is 1. The predicted molar refractivity (Wildman–Crippen MR) is 75.6 cm³/mol. The maximum absolute atomic E-state index is 12.1. The predicted octanol–water partition coefficient (Wildman–Crippen LogP) is 1.37. The number of imide groups is 1. The maximum Gasteiger partial charge on any atom is 0.247 e. The number of anilines is 1. The summed E-state index contributed by atoms with van der Waals surface area (Å²) in [6.07, 6.45) is 0.298. The molecule has 2 rings (SSSR count). The van der Waals surface area contributed by atoms with Crippen molar-refractivity contribution in [2.75, 3.05) is 5.32 Å². The molecule has 1 aliphatic rings. The molecule has 0 aromatic heterocycles. The van der Waals surface area contributed by atoms with Gasteiger partial charge in [0.1, 0.15) is 6.04 Å². The zero-order chi connectivity index (χ0) is 15.6. The van der Waals surface area contributed by atoms with E-state index in [2.05, 4.69) is 5.32 Å². The topological polar surface area (TPSA) is 83.6 Å². The molecule has 1 heterocycles. The minimum absolute atomic E-state index is 0.107. The van der Waals surface area contributed by atoms with Gasteiger partial charge in [-0.05, 0) is 26.0 Å². The summed E-state index contributed by atoms with van der Waals surface area (Å²) in [4.78, 5) is 47.6. The first-order valence-electron chi connectivity index (χ1n) is 6.67. The van der Waals surface area contributed by atoms with Crippen molar-refractivity contribution in [2.24, 2.45) is 0 Å². The Balaban J connectivity index is 2.10. The van der Waals surface area contributed by atoms with E-state index in [1.807, 2.05) is 0 Å². The summed E-state index contributed by atoms with van der Waals surface area (Å²) in [6.45, 7) is 2.94. The third-order valence-corrected chi connectivity index (χ3v) is 3.39. The zero-order valence-electron chi connectivity index (χ0n) is 11.9. The Kier molecular flexibility index (Phi) is 4.16. The average Bonchev–Trinajstić information content (AvgIpc) is 2.77. The molecule has 1 atom stereocenters. The van der Waals surface area contributed by atoms with Crippen LogP contribution in [-0.2, 0) is 14.4 Å². The number of carbonyl (C=O) groups is 4. The van der Waals surface area contributed by atoms with E-state index in [1.165, 1.54) is 13.8 Å². The second-order valence-electron chi connectivity index (χ2n) is 4.96. The lowest BCUT2D eigenvalue weighted by molar-refractivity contribution is -0.144. The van der Waals surface area contributed by atoms with Crippen molar-refractivity contribution in [3.63, 3.8) is 0 Å². The second-order valence-corrected chi connectivity index (χ2v) is 4.96. The molecule has 1 aromatic rings. The molecule has 21 heavy (non-hydrogen) atoms. The third-order valence-electron chi connectivity index (χ3n) is 3.39. The van der Waals surface area contributed by atoms with E-state index in [1.54, 1.807) is 24.3 Å². The molecule has 0 radical (unpaired) electrons. The van der Waals surface area contributed by atoms with Crippen LogP contribution in [0.25, 0.3) is 0 Å². The molecule has 6 nitrogen and oxygen atoms in total. The Labute approximate surface area is 122 Å². The first-order valence-corrected chi connectivity index (χ1v) is 6.67. The third kappa shape index (κ3) is 3.16. The number of nitrogens with zero attached hydrogens (tertiary/aromatic N) is 1. The largest absolute Gasteiger partial charge is 0.324 e. The lowest BCUT2D eigenvalue weighted by Crippen LogP contribution is -2.44. The molecular formula is C15H16N2O4. The van der Waals surface area contributed by atoms with Gasteiger partial charge in [-0.2, -0.15) is 0 Å². The van der Waals surface area contributed by atoms with Crippen LogP contribution in [0.4, 0.5) is 5.69 Å². The van der Waals surface area contributed by atoms with Gasteiger partial charge in [0.15, 0.2) is 5.78 Å². The fraction of sp³-hybridized carbons (Fsp3) is 0.333. The number of hydrogen-bond donors (Lipinski definition) is 1. The molecule has 0 saturated carbocycles. The van der Waals surface area contributed by atoms with Crippen molar-refractivity contribution in [2.45, 2.75) is 32.7 Å². The molecule has 1 N–H and O–H groups in total. The van der Waals surface area contributed by atoms with Gasteiger partial charge < -0.3 is 5.32 Å². The SMILES string of the molecule is CC(=O)c1cccc(NC(=O)[C@H](C)N2C(=O)CCC2=O)c1. The highest BCUT2D eigenvalue weighted by molar-refractivity contribution is 6.07. The standard InChI is InChI=1S/C15H16N2O4/c1-9(17-13(19)6-7-14(17)20)15(21)16-12-5-3-4-11(8-12)10(2)18/h3-5,8-9H,6-7H2,1-2H3,(H,16,21)/t9-/m0/s1. The van der Waals surface area contributed by atoms with E-state index < -0.39 is 11.9 Å². The van der Waals surface area contributed by atoms with Crippen LogP contribution in [0.15, 0.2) is 24.3 Å². The van der Waals surface area contributed by atoms with E-state index in [-0.39, 0.29) is 30.4 Å². The van der Waals surface area contributed by atoms with E-state index >= 15 is 0 Å². The van der Waals surface area contributed by atoms with Gasteiger partial charge in [0, 0.05) is 24.1 Å². The first kappa shape index (κ1) is 14.9. The quantitative estimate of drug-likeness (QED) is 0.670. The highest BCUT2D eigenvalue weighted by Gasteiger charge is 2.36. The summed E-state index contributed by atoms with van der Waals surface area (Å²) in [5, 5.41) is 2.62. The maximum atomic E-state index is 12.1. The van der Waals surface area contributed by atoms with Crippen molar-refractivity contribution in [3.05, 3.63) is 29.8 Å². The Morgan fingerprint density at radius 2 is 1.81 bits per heavy atom. The molecule has 1 aromatic carbocycles. The van der Waals surface area contributed by atoms with Crippen molar-refractivity contribution in [1.82, 2.24) is 4.90 Å². The fourth-order valence-corrected chi connectivity index (χ4v) is 2.21. The Morgan fingerprint density at radius 1 is 1.19 bits per heavy atom. The van der Waals surface area contributed by atoms with Gasteiger partial charge in [0.2, 0.25) is 17.7 Å². The average molecular weight is 288 g/mol. The van der Waals surface area contributed by atoms with Crippen LogP contribution in [0.3, 0.4) is 0 Å². The Hall–Kier alpha value is -2.50. The van der Waals surface area contributed by atoms with E-state index in [0.717, 1.165) is 4.90 Å². The lowest BCUT2D eigenvalue weighted by Gasteiger charge is -2.21. The van der Waals surface area contributed by atoms with Gasteiger partial charge in [-0.3, -0.25) is 24.1 Å². The summed E-state index contributed by atoms with van der Waals surface area (Å²) in [5.41, 5.74) is 0.937. The molecule has 0 spiro atoms. The van der Waals surface area contributed by atoms with Gasteiger partial charge >= 0.3 is 0 Å². The number of hydrogen-bond acceptors (Lipinski definition) is 4. The number of amides is 3. The van der Waals surface area contributed by atoms with Crippen molar-refractivity contribution < 1.29 is 19.2 Å². The minimum Gasteiger partial charge on any atom is -0.324 e. The molecule has 0 unspecified atom stereocenters. The number of likely N-dealkylation sites (tertiary alicyclic amines) is 1. The number of ketones is 1. The zero-order valence-corrected chi connectivity index (χ0v) is 11.9. The summed E-state index contributed by atoms with van der Waals surface area (Å²) < 4.78 is 0. The van der Waals surface area contributed by atoms with Gasteiger partial charge in [-0.25, -0.2) is 0 Å². The summed E-state index contributed by atoms with van der Waals surface area (Å²) in [6, 6.07) is 5.64. The molecule has 1 saturated heterocycles. The molecule has 110 valence electrons. The van der Waals surface area contributed by atoms with Crippen LogP contribution in [0.1, 0.15) is 37.0 Å².